The van der Waals surface area contributed by atoms with Crippen molar-refractivity contribution in [3.63, 3.8) is 0 Å². The second-order valence-electron chi connectivity index (χ2n) is 6.81. The standard InChI is InChI=1S/C20H24FN5O2S/c1-12(2)28-16-10-13(21)7-8-14(16)25-18-17-20(24-11-23-18)29-19(26-17)15(27)6-4-5-9-22-3/h7-8,10-12,22H,4-6,9H2,1-3H3,(H,23,24,25). The van der Waals surface area contributed by atoms with Crippen LogP contribution in [-0.2, 0) is 0 Å². The van der Waals surface area contributed by atoms with Gasteiger partial charge in [0.25, 0.3) is 0 Å². The van der Waals surface area contributed by atoms with E-state index in [-0.39, 0.29) is 17.7 Å². The lowest BCUT2D eigenvalue weighted by Gasteiger charge is -2.15. The van der Waals surface area contributed by atoms with E-state index in [1.807, 2.05) is 20.9 Å². The molecule has 0 amide bonds. The van der Waals surface area contributed by atoms with E-state index >= 15 is 0 Å². The molecule has 0 spiro atoms. The summed E-state index contributed by atoms with van der Waals surface area (Å²) in [5.41, 5.74) is 1.07. The first-order valence-electron chi connectivity index (χ1n) is 9.50. The molecule has 0 aliphatic rings. The molecule has 3 rings (SSSR count). The number of hydrogen-bond acceptors (Lipinski definition) is 8. The van der Waals surface area contributed by atoms with Crippen LogP contribution in [0.25, 0.3) is 10.3 Å². The highest BCUT2D eigenvalue weighted by molar-refractivity contribution is 7.20. The number of ether oxygens (including phenoxy) is 1. The number of carbonyl (C=O) groups excluding carboxylic acids is 1. The molecule has 0 saturated heterocycles. The van der Waals surface area contributed by atoms with Crippen molar-refractivity contribution < 1.29 is 13.9 Å². The Hall–Kier alpha value is -2.65. The first-order valence-corrected chi connectivity index (χ1v) is 10.3. The monoisotopic (exact) mass is 417 g/mol. The maximum absolute atomic E-state index is 13.6. The van der Waals surface area contributed by atoms with Gasteiger partial charge in [0.1, 0.15) is 28.2 Å². The molecule has 0 atom stereocenters. The van der Waals surface area contributed by atoms with Crippen LogP contribution in [0.5, 0.6) is 5.75 Å². The van der Waals surface area contributed by atoms with E-state index in [1.165, 1.54) is 29.8 Å². The minimum atomic E-state index is -0.390. The molecule has 0 fully saturated rings. The fourth-order valence-corrected chi connectivity index (χ4v) is 3.61. The Morgan fingerprint density at radius 2 is 2.10 bits per heavy atom. The highest BCUT2D eigenvalue weighted by Gasteiger charge is 2.17. The van der Waals surface area contributed by atoms with Crippen LogP contribution in [0.2, 0.25) is 0 Å². The van der Waals surface area contributed by atoms with Crippen LogP contribution >= 0.6 is 11.3 Å². The summed E-state index contributed by atoms with van der Waals surface area (Å²) >= 11 is 1.25. The number of ketones is 1. The van der Waals surface area contributed by atoms with E-state index in [1.54, 1.807) is 6.07 Å². The first-order chi connectivity index (χ1) is 14.0. The van der Waals surface area contributed by atoms with Gasteiger partial charge in [0.05, 0.1) is 11.8 Å². The summed E-state index contributed by atoms with van der Waals surface area (Å²) in [5.74, 6) is 0.433. The predicted molar refractivity (Wildman–Crippen MR) is 113 cm³/mol. The molecule has 7 nitrogen and oxygen atoms in total. The van der Waals surface area contributed by atoms with Gasteiger partial charge in [-0.3, -0.25) is 4.79 Å². The van der Waals surface area contributed by atoms with Gasteiger partial charge in [-0.15, -0.1) is 0 Å². The summed E-state index contributed by atoms with van der Waals surface area (Å²) in [4.78, 5) is 26.0. The molecule has 2 heterocycles. The predicted octanol–water partition coefficient (Wildman–Crippen LogP) is 4.33. The van der Waals surface area contributed by atoms with Crippen LogP contribution in [-0.4, -0.2) is 40.4 Å². The second kappa shape index (κ2) is 9.71. The van der Waals surface area contributed by atoms with Gasteiger partial charge in [-0.1, -0.05) is 11.3 Å². The van der Waals surface area contributed by atoms with E-state index in [4.69, 9.17) is 4.74 Å². The van der Waals surface area contributed by atoms with Crippen LogP contribution in [0.4, 0.5) is 15.9 Å². The van der Waals surface area contributed by atoms with Crippen molar-refractivity contribution in [3.05, 3.63) is 35.4 Å². The number of nitrogens with one attached hydrogen (secondary N) is 2. The highest BCUT2D eigenvalue weighted by Crippen LogP contribution is 2.32. The Balaban J connectivity index is 1.84. The molecule has 29 heavy (non-hydrogen) atoms. The minimum absolute atomic E-state index is 0.000616. The molecule has 0 unspecified atom stereocenters. The largest absolute Gasteiger partial charge is 0.489 e. The Labute approximate surface area is 172 Å². The van der Waals surface area contributed by atoms with E-state index in [2.05, 4.69) is 25.6 Å². The molecule has 0 bridgehead atoms. The lowest BCUT2D eigenvalue weighted by Crippen LogP contribution is -2.08. The van der Waals surface area contributed by atoms with Gasteiger partial charge in [0.15, 0.2) is 16.6 Å². The third-order valence-electron chi connectivity index (χ3n) is 4.07. The summed E-state index contributed by atoms with van der Waals surface area (Å²) in [6, 6.07) is 4.25. The normalized spacial score (nSPS) is 11.2. The third-order valence-corrected chi connectivity index (χ3v) is 5.08. The van der Waals surface area contributed by atoms with Crippen LogP contribution < -0.4 is 15.4 Å². The Morgan fingerprint density at radius 1 is 1.28 bits per heavy atom. The summed E-state index contributed by atoms with van der Waals surface area (Å²) in [6.45, 7) is 4.62. The zero-order valence-electron chi connectivity index (χ0n) is 16.7. The van der Waals surface area contributed by atoms with E-state index in [9.17, 15) is 9.18 Å². The van der Waals surface area contributed by atoms with Crippen molar-refractivity contribution in [1.82, 2.24) is 20.3 Å². The number of thiazole rings is 1. The van der Waals surface area contributed by atoms with Gasteiger partial charge in [-0.05, 0) is 52.4 Å². The maximum Gasteiger partial charge on any atom is 0.191 e. The average Bonchev–Trinajstić information content (AvgIpc) is 3.12. The molecule has 2 N–H and O–H groups in total. The number of anilines is 2. The lowest BCUT2D eigenvalue weighted by atomic mass is 10.2. The second-order valence-corrected chi connectivity index (χ2v) is 7.79. The van der Waals surface area contributed by atoms with Gasteiger partial charge in [0.2, 0.25) is 0 Å². The lowest BCUT2D eigenvalue weighted by molar-refractivity contribution is 0.0979. The Bertz CT molecular complexity index is 992. The molecular weight excluding hydrogens is 393 g/mol. The summed E-state index contributed by atoms with van der Waals surface area (Å²) in [7, 11) is 1.89. The fourth-order valence-electron chi connectivity index (χ4n) is 2.74. The number of carbonyl (C=O) groups is 1. The number of aromatic nitrogens is 3. The number of unbranched alkanes of at least 4 members (excludes halogenated alkanes) is 1. The van der Waals surface area contributed by atoms with Crippen molar-refractivity contribution in [2.45, 2.75) is 39.2 Å². The number of rotatable bonds is 10. The zero-order chi connectivity index (χ0) is 20.8. The number of hydrogen-bond donors (Lipinski definition) is 2. The smallest absolute Gasteiger partial charge is 0.191 e. The van der Waals surface area contributed by atoms with Crippen molar-refractivity contribution in [1.29, 1.82) is 0 Å². The molecule has 0 radical (unpaired) electrons. The molecule has 0 aliphatic carbocycles. The minimum Gasteiger partial charge on any atom is -0.489 e. The highest BCUT2D eigenvalue weighted by atomic mass is 32.1. The van der Waals surface area contributed by atoms with Crippen LogP contribution in [0.15, 0.2) is 24.5 Å². The molecule has 9 heteroatoms. The van der Waals surface area contributed by atoms with Gasteiger partial charge in [-0.2, -0.15) is 0 Å². The molecule has 0 saturated carbocycles. The molecular formula is C20H24FN5O2S. The summed E-state index contributed by atoms with van der Waals surface area (Å²) in [5, 5.41) is 6.63. The van der Waals surface area contributed by atoms with Crippen molar-refractivity contribution >= 4 is 39.0 Å². The summed E-state index contributed by atoms with van der Waals surface area (Å²) in [6.07, 6.45) is 3.48. The van der Waals surface area contributed by atoms with Crippen LogP contribution in [0, 0.1) is 5.82 Å². The molecule has 0 aliphatic heterocycles. The van der Waals surface area contributed by atoms with Gasteiger partial charge < -0.3 is 15.4 Å². The van der Waals surface area contributed by atoms with Crippen molar-refractivity contribution in [2.75, 3.05) is 18.9 Å². The molecule has 154 valence electrons. The van der Waals surface area contributed by atoms with Crippen LogP contribution in [0.3, 0.4) is 0 Å². The fraction of sp³-hybridized carbons (Fsp3) is 0.400. The number of Topliss-reactive ketones (excluding diaryl/α,β-unsaturated/α-hetero) is 1. The van der Waals surface area contributed by atoms with Gasteiger partial charge in [-0.25, -0.2) is 19.3 Å². The average molecular weight is 418 g/mol. The topological polar surface area (TPSA) is 89.0 Å². The first kappa shape index (κ1) is 21.1. The van der Waals surface area contributed by atoms with E-state index < -0.39 is 0 Å². The Kier molecular flexibility index (Phi) is 7.05. The Morgan fingerprint density at radius 3 is 2.86 bits per heavy atom. The van der Waals surface area contributed by atoms with Crippen LogP contribution in [0.1, 0.15) is 42.9 Å². The van der Waals surface area contributed by atoms with Gasteiger partial charge >= 0.3 is 0 Å². The van der Waals surface area contributed by atoms with Crippen molar-refractivity contribution in [2.24, 2.45) is 0 Å². The number of benzene rings is 1. The maximum atomic E-state index is 13.6. The molecule has 3 aromatic rings. The number of fused-ring (bicyclic) bond motifs is 1. The summed E-state index contributed by atoms with van der Waals surface area (Å²) < 4.78 is 19.3. The third kappa shape index (κ3) is 5.45. The molecule has 2 aromatic heterocycles. The number of nitrogens with zero attached hydrogens (tertiary/aromatic N) is 3. The van der Waals surface area contributed by atoms with E-state index in [0.29, 0.717) is 39.0 Å². The quantitative estimate of drug-likeness (QED) is 0.375. The zero-order valence-corrected chi connectivity index (χ0v) is 17.5. The molecule has 1 aromatic carbocycles. The van der Waals surface area contributed by atoms with Crippen molar-refractivity contribution in [3.8, 4) is 5.75 Å². The van der Waals surface area contributed by atoms with E-state index in [0.717, 1.165) is 19.4 Å². The SMILES string of the molecule is CNCCCCC(=O)c1nc2c(Nc3ccc(F)cc3OC(C)C)ncnc2s1. The van der Waals surface area contributed by atoms with Gasteiger partial charge in [0, 0.05) is 12.5 Å². The number of halogens is 1.